The minimum atomic E-state index is -0.239. The molecule has 2 rings (SSSR count). The molecule has 2 unspecified atom stereocenters. The second-order valence-corrected chi connectivity index (χ2v) is 6.51. The van der Waals surface area contributed by atoms with Crippen molar-refractivity contribution in [3.05, 3.63) is 11.1 Å². The highest BCUT2D eigenvalue weighted by Crippen LogP contribution is 2.31. The third-order valence-corrected chi connectivity index (χ3v) is 4.43. The standard InChI is InChI=1S/C14H22N2O2S/c1-9-4-10(2)6-11(5-9)15-14-16-12(8-19-14)7-13(17)18-3/h8-11H,4-7H2,1-3H3,(H,15,16). The van der Waals surface area contributed by atoms with Crippen LogP contribution in [0.1, 0.15) is 38.8 Å². The fourth-order valence-electron chi connectivity index (χ4n) is 2.91. The summed E-state index contributed by atoms with van der Waals surface area (Å²) >= 11 is 1.57. The van der Waals surface area contributed by atoms with Gasteiger partial charge in [-0.05, 0) is 31.1 Å². The molecule has 1 aliphatic rings. The number of carbonyl (C=O) groups excluding carboxylic acids is 1. The summed E-state index contributed by atoms with van der Waals surface area (Å²) in [6.07, 6.45) is 3.99. The third-order valence-electron chi connectivity index (χ3n) is 3.61. The normalized spacial score (nSPS) is 27.0. The molecule has 0 radical (unpaired) electrons. The molecule has 1 heterocycles. The molecule has 0 aliphatic heterocycles. The summed E-state index contributed by atoms with van der Waals surface area (Å²) in [5.41, 5.74) is 0.788. The summed E-state index contributed by atoms with van der Waals surface area (Å²) in [6, 6.07) is 0.510. The molecule has 1 aromatic heterocycles. The van der Waals surface area contributed by atoms with E-state index in [9.17, 15) is 4.79 Å². The molecular formula is C14H22N2O2S. The van der Waals surface area contributed by atoms with Gasteiger partial charge in [-0.3, -0.25) is 4.79 Å². The summed E-state index contributed by atoms with van der Waals surface area (Å²) in [4.78, 5) is 15.6. The second kappa shape index (κ2) is 6.37. The highest BCUT2D eigenvalue weighted by atomic mass is 32.1. The average molecular weight is 282 g/mol. The van der Waals surface area contributed by atoms with Gasteiger partial charge in [0.25, 0.3) is 0 Å². The summed E-state index contributed by atoms with van der Waals surface area (Å²) in [5.74, 6) is 1.31. The Kier molecular flexibility index (Phi) is 4.80. The van der Waals surface area contributed by atoms with Crippen molar-refractivity contribution >= 4 is 22.4 Å². The highest BCUT2D eigenvalue weighted by molar-refractivity contribution is 7.13. The molecule has 1 aromatic rings. The smallest absolute Gasteiger partial charge is 0.311 e. The van der Waals surface area contributed by atoms with E-state index in [1.165, 1.54) is 26.4 Å². The Morgan fingerprint density at radius 1 is 1.42 bits per heavy atom. The molecule has 2 atom stereocenters. The Bertz CT molecular complexity index is 423. The molecule has 0 aromatic carbocycles. The quantitative estimate of drug-likeness (QED) is 0.862. The van der Waals surface area contributed by atoms with Crippen LogP contribution in [0.2, 0.25) is 0 Å². The zero-order valence-electron chi connectivity index (χ0n) is 11.8. The highest BCUT2D eigenvalue weighted by Gasteiger charge is 2.24. The fourth-order valence-corrected chi connectivity index (χ4v) is 3.70. The van der Waals surface area contributed by atoms with Gasteiger partial charge in [0.15, 0.2) is 5.13 Å². The van der Waals surface area contributed by atoms with Crippen LogP contribution in [0.5, 0.6) is 0 Å². The number of carbonyl (C=O) groups is 1. The van der Waals surface area contributed by atoms with Gasteiger partial charge in [0, 0.05) is 11.4 Å². The number of thiazole rings is 1. The lowest BCUT2D eigenvalue weighted by Crippen LogP contribution is -2.30. The van der Waals surface area contributed by atoms with Gasteiger partial charge in [0.05, 0.1) is 19.2 Å². The first kappa shape index (κ1) is 14.3. The van der Waals surface area contributed by atoms with Crippen molar-refractivity contribution in [3.8, 4) is 0 Å². The monoisotopic (exact) mass is 282 g/mol. The molecule has 1 fully saturated rings. The fraction of sp³-hybridized carbons (Fsp3) is 0.714. The number of aromatic nitrogens is 1. The number of hydrogen-bond acceptors (Lipinski definition) is 5. The average Bonchev–Trinajstić information content (AvgIpc) is 2.74. The van der Waals surface area contributed by atoms with Crippen molar-refractivity contribution in [2.75, 3.05) is 12.4 Å². The van der Waals surface area contributed by atoms with E-state index in [0.717, 1.165) is 22.7 Å². The van der Waals surface area contributed by atoms with Crippen LogP contribution in [0.4, 0.5) is 5.13 Å². The molecule has 1 saturated carbocycles. The van der Waals surface area contributed by atoms with Crippen molar-refractivity contribution in [1.82, 2.24) is 4.98 Å². The van der Waals surface area contributed by atoms with Gasteiger partial charge in [-0.2, -0.15) is 0 Å². The van der Waals surface area contributed by atoms with Crippen LogP contribution >= 0.6 is 11.3 Å². The first-order chi connectivity index (χ1) is 9.06. The lowest BCUT2D eigenvalue weighted by Gasteiger charge is -2.31. The number of nitrogens with one attached hydrogen (secondary N) is 1. The number of esters is 1. The van der Waals surface area contributed by atoms with Crippen molar-refractivity contribution in [2.24, 2.45) is 11.8 Å². The number of nitrogens with zero attached hydrogens (tertiary/aromatic N) is 1. The van der Waals surface area contributed by atoms with E-state index in [1.807, 2.05) is 5.38 Å². The SMILES string of the molecule is COC(=O)Cc1csc(NC2CC(C)CC(C)C2)n1. The van der Waals surface area contributed by atoms with E-state index in [-0.39, 0.29) is 12.4 Å². The molecule has 1 N–H and O–H groups in total. The summed E-state index contributed by atoms with van der Waals surface area (Å²) in [6.45, 7) is 4.63. The summed E-state index contributed by atoms with van der Waals surface area (Å²) in [7, 11) is 1.40. The van der Waals surface area contributed by atoms with Gasteiger partial charge >= 0.3 is 5.97 Å². The Morgan fingerprint density at radius 2 is 2.11 bits per heavy atom. The van der Waals surface area contributed by atoms with Crippen LogP contribution in [0.3, 0.4) is 0 Å². The van der Waals surface area contributed by atoms with E-state index >= 15 is 0 Å². The van der Waals surface area contributed by atoms with Crippen molar-refractivity contribution in [3.63, 3.8) is 0 Å². The molecule has 4 nitrogen and oxygen atoms in total. The van der Waals surface area contributed by atoms with Crippen molar-refractivity contribution in [1.29, 1.82) is 0 Å². The molecule has 0 amide bonds. The van der Waals surface area contributed by atoms with Gasteiger partial charge in [0.2, 0.25) is 0 Å². The number of methoxy groups -OCH3 is 1. The van der Waals surface area contributed by atoms with Gasteiger partial charge in [0.1, 0.15) is 0 Å². The van der Waals surface area contributed by atoms with Crippen LogP contribution in [0.25, 0.3) is 0 Å². The van der Waals surface area contributed by atoms with Crippen LogP contribution in [0.15, 0.2) is 5.38 Å². The number of rotatable bonds is 4. The lowest BCUT2D eigenvalue weighted by atomic mass is 9.80. The second-order valence-electron chi connectivity index (χ2n) is 5.66. The van der Waals surface area contributed by atoms with Gasteiger partial charge in [-0.1, -0.05) is 13.8 Å². The summed E-state index contributed by atoms with van der Waals surface area (Å²) < 4.78 is 4.65. The van der Waals surface area contributed by atoms with E-state index in [4.69, 9.17) is 0 Å². The summed E-state index contributed by atoms with van der Waals surface area (Å²) in [5, 5.41) is 6.36. The minimum Gasteiger partial charge on any atom is -0.469 e. The predicted molar refractivity (Wildman–Crippen MR) is 77.4 cm³/mol. The molecule has 0 saturated heterocycles. The lowest BCUT2D eigenvalue weighted by molar-refractivity contribution is -0.139. The van der Waals surface area contributed by atoms with E-state index in [0.29, 0.717) is 6.04 Å². The Hall–Kier alpha value is -1.10. The molecule has 5 heteroatoms. The van der Waals surface area contributed by atoms with E-state index < -0.39 is 0 Å². The number of anilines is 1. The van der Waals surface area contributed by atoms with Crippen LogP contribution in [0, 0.1) is 11.8 Å². The topological polar surface area (TPSA) is 51.2 Å². The van der Waals surface area contributed by atoms with Crippen LogP contribution in [-0.4, -0.2) is 24.1 Å². The third kappa shape index (κ3) is 4.20. The van der Waals surface area contributed by atoms with E-state index in [1.54, 1.807) is 11.3 Å². The molecule has 1 aliphatic carbocycles. The van der Waals surface area contributed by atoms with E-state index in [2.05, 4.69) is 28.9 Å². The Labute approximate surface area is 118 Å². The zero-order chi connectivity index (χ0) is 13.8. The Balaban J connectivity index is 1.90. The molecule has 19 heavy (non-hydrogen) atoms. The van der Waals surface area contributed by atoms with Gasteiger partial charge in [-0.25, -0.2) is 4.98 Å². The van der Waals surface area contributed by atoms with Crippen molar-refractivity contribution in [2.45, 2.75) is 45.6 Å². The maximum Gasteiger partial charge on any atom is 0.311 e. The minimum absolute atomic E-state index is 0.239. The first-order valence-electron chi connectivity index (χ1n) is 6.84. The molecule has 0 spiro atoms. The van der Waals surface area contributed by atoms with Crippen molar-refractivity contribution < 1.29 is 9.53 Å². The number of ether oxygens (including phenoxy) is 1. The molecule has 0 bridgehead atoms. The largest absolute Gasteiger partial charge is 0.469 e. The van der Waals surface area contributed by atoms with Gasteiger partial charge in [-0.15, -0.1) is 11.3 Å². The molecule has 106 valence electrons. The maximum atomic E-state index is 11.2. The molecular weight excluding hydrogens is 260 g/mol. The van der Waals surface area contributed by atoms with Crippen LogP contribution in [-0.2, 0) is 16.0 Å². The first-order valence-corrected chi connectivity index (χ1v) is 7.72. The maximum absolute atomic E-state index is 11.2. The van der Waals surface area contributed by atoms with Crippen LogP contribution < -0.4 is 5.32 Å². The predicted octanol–water partition coefficient (Wildman–Crippen LogP) is 3.10. The van der Waals surface area contributed by atoms with Gasteiger partial charge < -0.3 is 10.1 Å². The Morgan fingerprint density at radius 3 is 2.74 bits per heavy atom. The number of hydrogen-bond donors (Lipinski definition) is 1. The zero-order valence-corrected chi connectivity index (χ0v) is 12.6.